The molecule has 0 bridgehead atoms. The summed E-state index contributed by atoms with van der Waals surface area (Å²) >= 11 is 5.99. The van der Waals surface area contributed by atoms with E-state index >= 15 is 0 Å². The molecule has 0 aliphatic heterocycles. The van der Waals surface area contributed by atoms with E-state index in [1.807, 2.05) is 31.2 Å². The number of ether oxygens (including phenoxy) is 1. The lowest BCUT2D eigenvalue weighted by molar-refractivity contribution is 0.111. The number of benzene rings is 1. The van der Waals surface area contributed by atoms with Crippen LogP contribution < -0.4 is 10.6 Å². The van der Waals surface area contributed by atoms with Gasteiger partial charge in [-0.25, -0.2) is 0 Å². The van der Waals surface area contributed by atoms with Gasteiger partial charge in [0.15, 0.2) is 5.96 Å². The smallest absolute Gasteiger partial charge is 0.192 e. The second kappa shape index (κ2) is 11.7. The highest BCUT2D eigenvalue weighted by Gasteiger charge is 2.10. The van der Waals surface area contributed by atoms with Gasteiger partial charge in [-0.2, -0.15) is 0 Å². The third kappa shape index (κ3) is 7.55. The molecular weight excluding hydrogens is 401 g/mol. The maximum absolute atomic E-state index is 5.99. The van der Waals surface area contributed by atoms with Crippen LogP contribution in [0.25, 0.3) is 0 Å². The van der Waals surface area contributed by atoms with E-state index in [4.69, 9.17) is 22.8 Å². The minimum absolute atomic E-state index is 0. The SMILES string of the molecule is C#CCNC(=NCC(OC)c1cccc(Cl)c1)NCC.I. The first-order valence-electron chi connectivity index (χ1n) is 6.45. The highest BCUT2D eigenvalue weighted by atomic mass is 127. The van der Waals surface area contributed by atoms with Gasteiger partial charge in [-0.1, -0.05) is 29.7 Å². The van der Waals surface area contributed by atoms with Gasteiger partial charge < -0.3 is 15.4 Å². The molecule has 1 atom stereocenters. The topological polar surface area (TPSA) is 45.7 Å². The van der Waals surface area contributed by atoms with Crippen molar-refractivity contribution in [3.05, 3.63) is 34.9 Å². The zero-order chi connectivity index (χ0) is 14.8. The summed E-state index contributed by atoms with van der Waals surface area (Å²) < 4.78 is 5.46. The molecule has 6 heteroatoms. The van der Waals surface area contributed by atoms with E-state index in [1.54, 1.807) is 7.11 Å². The first-order valence-corrected chi connectivity index (χ1v) is 6.83. The van der Waals surface area contributed by atoms with Gasteiger partial charge in [-0.05, 0) is 24.6 Å². The Kier molecular flexibility index (Phi) is 11.1. The number of terminal acetylenes is 1. The van der Waals surface area contributed by atoms with Gasteiger partial charge in [-0.15, -0.1) is 30.4 Å². The summed E-state index contributed by atoms with van der Waals surface area (Å²) in [6, 6.07) is 7.58. The highest BCUT2D eigenvalue weighted by molar-refractivity contribution is 14.0. The van der Waals surface area contributed by atoms with Crippen LogP contribution in [-0.4, -0.2) is 32.7 Å². The Bertz CT molecular complexity index is 488. The Morgan fingerprint density at radius 1 is 1.48 bits per heavy atom. The number of halogens is 2. The van der Waals surface area contributed by atoms with Crippen LogP contribution in [-0.2, 0) is 4.74 Å². The summed E-state index contributed by atoms with van der Waals surface area (Å²) in [4.78, 5) is 4.46. The van der Waals surface area contributed by atoms with Gasteiger partial charge in [0.05, 0.1) is 13.1 Å². The highest BCUT2D eigenvalue weighted by Crippen LogP contribution is 2.20. The number of methoxy groups -OCH3 is 1. The molecule has 0 saturated carbocycles. The van der Waals surface area contributed by atoms with Crippen molar-refractivity contribution in [1.29, 1.82) is 0 Å². The van der Waals surface area contributed by atoms with E-state index in [2.05, 4.69) is 21.5 Å². The number of guanidine groups is 1. The van der Waals surface area contributed by atoms with Crippen LogP contribution in [0, 0.1) is 12.3 Å². The zero-order valence-electron chi connectivity index (χ0n) is 12.2. The fraction of sp³-hybridized carbons (Fsp3) is 0.400. The quantitative estimate of drug-likeness (QED) is 0.321. The first-order chi connectivity index (χ1) is 9.71. The van der Waals surface area contributed by atoms with Gasteiger partial charge in [0.1, 0.15) is 6.10 Å². The zero-order valence-corrected chi connectivity index (χ0v) is 15.3. The van der Waals surface area contributed by atoms with Crippen molar-refractivity contribution in [3.63, 3.8) is 0 Å². The van der Waals surface area contributed by atoms with Crippen molar-refractivity contribution in [3.8, 4) is 12.3 Å². The molecule has 0 amide bonds. The van der Waals surface area contributed by atoms with Crippen LogP contribution in [0.1, 0.15) is 18.6 Å². The molecule has 0 aliphatic carbocycles. The van der Waals surface area contributed by atoms with Crippen LogP contribution in [0.4, 0.5) is 0 Å². The lowest BCUT2D eigenvalue weighted by Crippen LogP contribution is -2.37. The van der Waals surface area contributed by atoms with Crippen molar-refractivity contribution in [2.24, 2.45) is 4.99 Å². The average Bonchev–Trinajstić information content (AvgIpc) is 2.45. The number of aliphatic imine (C=N–C) groups is 1. The van der Waals surface area contributed by atoms with Crippen LogP contribution >= 0.6 is 35.6 Å². The summed E-state index contributed by atoms with van der Waals surface area (Å²) in [6.07, 6.45) is 5.08. The summed E-state index contributed by atoms with van der Waals surface area (Å²) in [5.41, 5.74) is 0.997. The largest absolute Gasteiger partial charge is 0.375 e. The van der Waals surface area contributed by atoms with Gasteiger partial charge >= 0.3 is 0 Å². The number of hydrogen-bond donors (Lipinski definition) is 2. The van der Waals surface area contributed by atoms with Crippen LogP contribution in [0.15, 0.2) is 29.3 Å². The molecule has 1 aromatic rings. The Labute approximate surface area is 148 Å². The number of rotatable bonds is 6. The molecule has 0 saturated heterocycles. The van der Waals surface area contributed by atoms with Gasteiger partial charge in [-0.3, -0.25) is 4.99 Å². The van der Waals surface area contributed by atoms with Crippen molar-refractivity contribution in [2.75, 3.05) is 26.7 Å². The van der Waals surface area contributed by atoms with E-state index in [9.17, 15) is 0 Å². The van der Waals surface area contributed by atoms with Crippen molar-refractivity contribution in [2.45, 2.75) is 13.0 Å². The summed E-state index contributed by atoms with van der Waals surface area (Å²) in [5.74, 6) is 3.19. The molecule has 0 aromatic heterocycles. The normalized spacial score (nSPS) is 12.0. The summed E-state index contributed by atoms with van der Waals surface area (Å²) in [7, 11) is 1.66. The van der Waals surface area contributed by atoms with E-state index in [-0.39, 0.29) is 30.1 Å². The predicted octanol–water partition coefficient (Wildman–Crippen LogP) is 2.83. The third-order valence-electron chi connectivity index (χ3n) is 2.62. The molecule has 4 nitrogen and oxygen atoms in total. The Morgan fingerprint density at radius 2 is 2.24 bits per heavy atom. The van der Waals surface area contributed by atoms with Crippen molar-refractivity contribution < 1.29 is 4.74 Å². The number of nitrogens with zero attached hydrogens (tertiary/aromatic N) is 1. The Hall–Kier alpha value is -0.970. The van der Waals surface area contributed by atoms with Crippen molar-refractivity contribution in [1.82, 2.24) is 10.6 Å². The predicted molar refractivity (Wildman–Crippen MR) is 99.4 cm³/mol. The Morgan fingerprint density at radius 3 is 2.81 bits per heavy atom. The van der Waals surface area contributed by atoms with Gasteiger partial charge in [0, 0.05) is 18.7 Å². The van der Waals surface area contributed by atoms with Crippen LogP contribution in [0.2, 0.25) is 5.02 Å². The fourth-order valence-corrected chi connectivity index (χ4v) is 1.87. The maximum Gasteiger partial charge on any atom is 0.192 e. The molecule has 0 aliphatic rings. The summed E-state index contributed by atoms with van der Waals surface area (Å²) in [6.45, 7) is 3.68. The standard InChI is InChI=1S/C15H20ClN3O.HI/c1-4-9-18-15(17-5-2)19-11-14(20-3)12-7-6-8-13(16)10-12;/h1,6-8,10,14H,5,9,11H2,2-3H3,(H2,17,18,19);1H. The average molecular weight is 422 g/mol. The maximum atomic E-state index is 5.99. The fourth-order valence-electron chi connectivity index (χ4n) is 1.67. The van der Waals surface area contributed by atoms with Crippen molar-refractivity contribution >= 4 is 41.5 Å². The molecule has 0 heterocycles. The second-order valence-electron chi connectivity index (χ2n) is 4.06. The third-order valence-corrected chi connectivity index (χ3v) is 2.86. The van der Waals surface area contributed by atoms with Gasteiger partial charge in [0.25, 0.3) is 0 Å². The van der Waals surface area contributed by atoms with E-state index in [1.165, 1.54) is 0 Å². The van der Waals surface area contributed by atoms with E-state index in [0.717, 1.165) is 12.1 Å². The van der Waals surface area contributed by atoms with E-state index < -0.39 is 0 Å². The molecule has 0 spiro atoms. The molecule has 0 radical (unpaired) electrons. The monoisotopic (exact) mass is 421 g/mol. The Balaban J connectivity index is 0.00000400. The number of nitrogens with one attached hydrogen (secondary N) is 2. The molecule has 1 aromatic carbocycles. The first kappa shape index (κ1) is 20.0. The second-order valence-corrected chi connectivity index (χ2v) is 4.49. The minimum Gasteiger partial charge on any atom is -0.375 e. The summed E-state index contributed by atoms with van der Waals surface area (Å²) in [5, 5.41) is 6.84. The number of hydrogen-bond acceptors (Lipinski definition) is 2. The molecule has 2 N–H and O–H groups in total. The molecular formula is C15H21ClIN3O. The van der Waals surface area contributed by atoms with E-state index in [0.29, 0.717) is 24.1 Å². The minimum atomic E-state index is -0.144. The molecule has 0 fully saturated rings. The lowest BCUT2D eigenvalue weighted by Gasteiger charge is -2.15. The van der Waals surface area contributed by atoms with Gasteiger partial charge in [0.2, 0.25) is 0 Å². The lowest BCUT2D eigenvalue weighted by atomic mass is 10.1. The van der Waals surface area contributed by atoms with Crippen LogP contribution in [0.5, 0.6) is 0 Å². The molecule has 1 rings (SSSR count). The molecule has 21 heavy (non-hydrogen) atoms. The van der Waals surface area contributed by atoms with Crippen LogP contribution in [0.3, 0.4) is 0 Å². The molecule has 116 valence electrons. The molecule has 1 unspecified atom stereocenters.